The minimum atomic E-state index is 0.0936. The average molecular weight is 390 g/mol. The van der Waals surface area contributed by atoms with Crippen LogP contribution in [0.4, 0.5) is 5.69 Å². The molecule has 1 atom stereocenters. The van der Waals surface area contributed by atoms with Crippen LogP contribution in [-0.2, 0) is 9.53 Å². The quantitative estimate of drug-likeness (QED) is 0.803. The predicted octanol–water partition coefficient (Wildman–Crippen LogP) is 2.38. The van der Waals surface area contributed by atoms with Crippen LogP contribution in [0.5, 0.6) is 0 Å². The van der Waals surface area contributed by atoms with Gasteiger partial charge < -0.3 is 14.5 Å². The third-order valence-corrected chi connectivity index (χ3v) is 5.75. The maximum atomic E-state index is 12.8. The van der Waals surface area contributed by atoms with E-state index in [9.17, 15) is 4.79 Å². The lowest BCUT2D eigenvalue weighted by Crippen LogP contribution is -2.42. The number of hydrogen-bond acceptors (Lipinski definition) is 5. The Kier molecular flexibility index (Phi) is 5.31. The molecule has 2 saturated heterocycles. The number of amides is 1. The standard InChI is InChI=1S/C19H24ClN5O2/c1-27-16-5-9-24(13-16)19(26)14-3-7-23(8-4-14)18-11-21-6-2-17(18)25-12-15(20)10-22-25/h2,6,10-12,14,16H,3-5,7-9,13H2,1H3. The van der Waals surface area contributed by atoms with Gasteiger partial charge in [-0.25, -0.2) is 4.68 Å². The van der Waals surface area contributed by atoms with E-state index in [0.29, 0.717) is 5.02 Å². The summed E-state index contributed by atoms with van der Waals surface area (Å²) < 4.78 is 7.15. The second-order valence-electron chi connectivity index (χ2n) is 7.16. The summed E-state index contributed by atoms with van der Waals surface area (Å²) in [4.78, 5) is 21.3. The molecule has 27 heavy (non-hydrogen) atoms. The molecular formula is C19H24ClN5O2. The molecule has 0 spiro atoms. The van der Waals surface area contributed by atoms with Crippen LogP contribution in [0.2, 0.25) is 5.02 Å². The molecule has 1 amide bonds. The summed E-state index contributed by atoms with van der Waals surface area (Å²) in [6.45, 7) is 3.18. The summed E-state index contributed by atoms with van der Waals surface area (Å²) in [6.07, 6.45) is 9.85. The Hall–Kier alpha value is -2.12. The van der Waals surface area contributed by atoms with Gasteiger partial charge in [-0.15, -0.1) is 0 Å². The van der Waals surface area contributed by atoms with E-state index in [-0.39, 0.29) is 17.9 Å². The molecular weight excluding hydrogens is 366 g/mol. The number of methoxy groups -OCH3 is 1. The highest BCUT2D eigenvalue weighted by Crippen LogP contribution is 2.29. The number of carbonyl (C=O) groups is 1. The van der Waals surface area contributed by atoms with Gasteiger partial charge in [0.1, 0.15) is 0 Å². The van der Waals surface area contributed by atoms with Crippen molar-refractivity contribution < 1.29 is 9.53 Å². The van der Waals surface area contributed by atoms with Crippen LogP contribution in [0.3, 0.4) is 0 Å². The lowest BCUT2D eigenvalue weighted by atomic mass is 9.95. The van der Waals surface area contributed by atoms with Gasteiger partial charge in [0, 0.05) is 51.6 Å². The normalized spacial score (nSPS) is 21.0. The lowest BCUT2D eigenvalue weighted by molar-refractivity contribution is -0.135. The highest BCUT2D eigenvalue weighted by Gasteiger charge is 2.33. The van der Waals surface area contributed by atoms with E-state index in [2.05, 4.69) is 15.0 Å². The Labute approximate surface area is 163 Å². The average Bonchev–Trinajstić information content (AvgIpc) is 3.36. The van der Waals surface area contributed by atoms with Crippen LogP contribution in [0.15, 0.2) is 30.9 Å². The number of ether oxygens (including phenoxy) is 1. The minimum absolute atomic E-state index is 0.0936. The van der Waals surface area contributed by atoms with Gasteiger partial charge in [0.25, 0.3) is 0 Å². The van der Waals surface area contributed by atoms with Gasteiger partial charge in [-0.1, -0.05) is 11.6 Å². The van der Waals surface area contributed by atoms with Crippen LogP contribution in [0.1, 0.15) is 19.3 Å². The number of halogens is 1. The smallest absolute Gasteiger partial charge is 0.225 e. The zero-order valence-electron chi connectivity index (χ0n) is 15.4. The Morgan fingerprint density at radius 1 is 1.19 bits per heavy atom. The summed E-state index contributed by atoms with van der Waals surface area (Å²) in [7, 11) is 1.72. The van der Waals surface area contributed by atoms with E-state index >= 15 is 0 Å². The summed E-state index contributed by atoms with van der Waals surface area (Å²) in [5, 5.41) is 4.91. The third-order valence-electron chi connectivity index (χ3n) is 5.55. The molecule has 1 unspecified atom stereocenters. The molecule has 0 aliphatic carbocycles. The fourth-order valence-electron chi connectivity index (χ4n) is 4.00. The molecule has 2 aliphatic heterocycles. The molecule has 4 rings (SSSR count). The van der Waals surface area contributed by atoms with Crippen LogP contribution in [-0.4, -0.2) is 65.0 Å². The third kappa shape index (κ3) is 3.80. The molecule has 0 saturated carbocycles. The summed E-state index contributed by atoms with van der Waals surface area (Å²) in [5.74, 6) is 0.371. The van der Waals surface area contributed by atoms with Gasteiger partial charge in [-0.05, 0) is 25.3 Å². The topological polar surface area (TPSA) is 63.5 Å². The maximum Gasteiger partial charge on any atom is 0.225 e. The molecule has 0 aromatic carbocycles. The molecule has 2 aromatic heterocycles. The molecule has 144 valence electrons. The molecule has 2 aromatic rings. The zero-order valence-corrected chi connectivity index (χ0v) is 16.2. The van der Waals surface area contributed by atoms with Crippen LogP contribution < -0.4 is 4.90 Å². The molecule has 2 aliphatic rings. The number of aromatic nitrogens is 3. The van der Waals surface area contributed by atoms with Crippen molar-refractivity contribution in [2.75, 3.05) is 38.2 Å². The zero-order chi connectivity index (χ0) is 18.8. The van der Waals surface area contributed by atoms with Gasteiger partial charge in [0.15, 0.2) is 0 Å². The van der Waals surface area contributed by atoms with Crippen molar-refractivity contribution in [3.8, 4) is 5.69 Å². The van der Waals surface area contributed by atoms with Gasteiger partial charge in [-0.2, -0.15) is 5.10 Å². The summed E-state index contributed by atoms with van der Waals surface area (Å²) >= 11 is 6.02. The number of nitrogens with zero attached hydrogens (tertiary/aromatic N) is 5. The van der Waals surface area contributed by atoms with Gasteiger partial charge in [0.05, 0.1) is 34.9 Å². The fourth-order valence-corrected chi connectivity index (χ4v) is 4.13. The number of carbonyl (C=O) groups excluding carboxylic acids is 1. The highest BCUT2D eigenvalue weighted by atomic mass is 35.5. The van der Waals surface area contributed by atoms with Crippen molar-refractivity contribution in [1.29, 1.82) is 0 Å². The van der Waals surface area contributed by atoms with Gasteiger partial charge in [0.2, 0.25) is 5.91 Å². The van der Waals surface area contributed by atoms with E-state index in [4.69, 9.17) is 16.3 Å². The predicted molar refractivity (Wildman–Crippen MR) is 103 cm³/mol. The molecule has 2 fully saturated rings. The number of hydrogen-bond donors (Lipinski definition) is 0. The van der Waals surface area contributed by atoms with E-state index < -0.39 is 0 Å². The molecule has 8 heteroatoms. The fraction of sp³-hybridized carbons (Fsp3) is 0.526. The van der Waals surface area contributed by atoms with E-state index in [0.717, 1.165) is 56.8 Å². The largest absolute Gasteiger partial charge is 0.380 e. The number of pyridine rings is 1. The second-order valence-corrected chi connectivity index (χ2v) is 7.60. The SMILES string of the molecule is COC1CCN(C(=O)C2CCN(c3cnccc3-n3cc(Cl)cn3)CC2)C1. The second kappa shape index (κ2) is 7.86. The first-order chi connectivity index (χ1) is 13.2. The number of piperidine rings is 1. The molecule has 0 N–H and O–H groups in total. The van der Waals surface area contributed by atoms with Crippen molar-refractivity contribution in [3.63, 3.8) is 0 Å². The van der Waals surface area contributed by atoms with Crippen molar-refractivity contribution in [3.05, 3.63) is 35.9 Å². The van der Waals surface area contributed by atoms with Crippen LogP contribution in [0, 0.1) is 5.92 Å². The van der Waals surface area contributed by atoms with Crippen LogP contribution >= 0.6 is 11.6 Å². The van der Waals surface area contributed by atoms with Crippen molar-refractivity contribution >= 4 is 23.2 Å². The van der Waals surface area contributed by atoms with Gasteiger partial charge in [-0.3, -0.25) is 9.78 Å². The molecule has 4 heterocycles. The number of anilines is 1. The van der Waals surface area contributed by atoms with E-state index in [1.165, 1.54) is 0 Å². The first kappa shape index (κ1) is 18.3. The van der Waals surface area contributed by atoms with Crippen LogP contribution in [0.25, 0.3) is 5.69 Å². The lowest BCUT2D eigenvalue weighted by Gasteiger charge is -2.35. The highest BCUT2D eigenvalue weighted by molar-refractivity contribution is 6.30. The number of rotatable bonds is 4. The Bertz CT molecular complexity index is 803. The number of likely N-dealkylation sites (tertiary alicyclic amines) is 1. The first-order valence-corrected chi connectivity index (χ1v) is 9.74. The Morgan fingerprint density at radius 2 is 2.00 bits per heavy atom. The van der Waals surface area contributed by atoms with Crippen molar-refractivity contribution in [2.24, 2.45) is 5.92 Å². The minimum Gasteiger partial charge on any atom is -0.380 e. The molecule has 0 bridgehead atoms. The molecule has 0 radical (unpaired) electrons. The monoisotopic (exact) mass is 389 g/mol. The van der Waals surface area contributed by atoms with Gasteiger partial charge >= 0.3 is 0 Å². The van der Waals surface area contributed by atoms with E-state index in [1.54, 1.807) is 30.4 Å². The summed E-state index contributed by atoms with van der Waals surface area (Å²) in [6, 6.07) is 1.94. The summed E-state index contributed by atoms with van der Waals surface area (Å²) in [5.41, 5.74) is 1.97. The molecule has 7 nitrogen and oxygen atoms in total. The maximum absolute atomic E-state index is 12.8. The van der Waals surface area contributed by atoms with Crippen molar-refractivity contribution in [2.45, 2.75) is 25.4 Å². The Morgan fingerprint density at radius 3 is 2.67 bits per heavy atom. The van der Waals surface area contributed by atoms with Crippen molar-refractivity contribution in [1.82, 2.24) is 19.7 Å². The van der Waals surface area contributed by atoms with E-state index in [1.807, 2.05) is 17.2 Å². The first-order valence-electron chi connectivity index (χ1n) is 9.37. The Balaban J connectivity index is 1.42.